The van der Waals surface area contributed by atoms with E-state index in [9.17, 15) is 18.3 Å². The molecule has 1 fully saturated rings. The molecule has 0 radical (unpaired) electrons. The predicted molar refractivity (Wildman–Crippen MR) is 97.9 cm³/mol. The van der Waals surface area contributed by atoms with Crippen LogP contribution in [0.15, 0.2) is 42.6 Å². The van der Waals surface area contributed by atoms with Crippen molar-refractivity contribution in [3.8, 4) is 11.3 Å². The van der Waals surface area contributed by atoms with Crippen molar-refractivity contribution in [3.63, 3.8) is 0 Å². The van der Waals surface area contributed by atoms with Gasteiger partial charge in [-0.3, -0.25) is 4.98 Å². The van der Waals surface area contributed by atoms with Crippen LogP contribution in [0.1, 0.15) is 34.8 Å². The Labute approximate surface area is 153 Å². The Balaban J connectivity index is 2.02. The van der Waals surface area contributed by atoms with Crippen molar-refractivity contribution in [2.24, 2.45) is 0 Å². The molecule has 8 heteroatoms. The minimum absolute atomic E-state index is 0.168. The van der Waals surface area contributed by atoms with Crippen molar-refractivity contribution in [2.75, 3.05) is 20.6 Å². The smallest absolute Gasteiger partial charge is 0.336 e. The quantitative estimate of drug-likeness (QED) is 0.866. The zero-order valence-electron chi connectivity index (χ0n) is 14.7. The second kappa shape index (κ2) is 7.14. The number of carbonyl (C=O) groups is 1. The molecule has 2 heterocycles. The molecule has 138 valence electrons. The summed E-state index contributed by atoms with van der Waals surface area (Å²) in [5.41, 5.74) is 2.02. The number of hydrogen-bond acceptors (Lipinski definition) is 4. The Morgan fingerprint density at radius 1 is 1.27 bits per heavy atom. The Bertz CT molecular complexity index is 928. The van der Waals surface area contributed by atoms with Gasteiger partial charge in [-0.2, -0.15) is 17.0 Å². The van der Waals surface area contributed by atoms with Gasteiger partial charge in [0.15, 0.2) is 0 Å². The molecule has 3 rings (SSSR count). The van der Waals surface area contributed by atoms with E-state index in [0.717, 1.165) is 18.4 Å². The third kappa shape index (κ3) is 3.35. The van der Waals surface area contributed by atoms with Gasteiger partial charge in [0.25, 0.3) is 10.2 Å². The van der Waals surface area contributed by atoms with E-state index >= 15 is 0 Å². The molecule has 1 N–H and O–H groups in total. The van der Waals surface area contributed by atoms with E-state index in [1.807, 2.05) is 0 Å². The van der Waals surface area contributed by atoms with Crippen molar-refractivity contribution in [3.05, 3.63) is 53.7 Å². The first kappa shape index (κ1) is 18.5. The summed E-state index contributed by atoms with van der Waals surface area (Å²) < 4.78 is 27.9. The maximum Gasteiger partial charge on any atom is 0.336 e. The molecule has 1 unspecified atom stereocenters. The predicted octanol–water partition coefficient (Wildman–Crippen LogP) is 2.39. The molecule has 1 saturated heterocycles. The molecule has 0 aliphatic carbocycles. The minimum Gasteiger partial charge on any atom is -0.478 e. The molecule has 1 aliphatic heterocycles. The lowest BCUT2D eigenvalue weighted by molar-refractivity contribution is 0.0697. The average Bonchev–Trinajstić information content (AvgIpc) is 3.12. The van der Waals surface area contributed by atoms with Gasteiger partial charge in [0.05, 0.1) is 17.3 Å². The number of hydrogen-bond donors (Lipinski definition) is 1. The Morgan fingerprint density at radius 3 is 2.69 bits per heavy atom. The van der Waals surface area contributed by atoms with E-state index in [1.165, 1.54) is 28.8 Å². The van der Waals surface area contributed by atoms with Gasteiger partial charge >= 0.3 is 5.97 Å². The molecule has 1 aromatic heterocycles. The number of nitrogens with zero attached hydrogens (tertiary/aromatic N) is 3. The van der Waals surface area contributed by atoms with Gasteiger partial charge in [0, 0.05) is 32.4 Å². The summed E-state index contributed by atoms with van der Waals surface area (Å²) in [6.07, 6.45) is 3.10. The third-order valence-electron chi connectivity index (χ3n) is 4.56. The van der Waals surface area contributed by atoms with E-state index in [1.54, 1.807) is 36.5 Å². The van der Waals surface area contributed by atoms with Gasteiger partial charge in [-0.15, -0.1) is 0 Å². The van der Waals surface area contributed by atoms with Gasteiger partial charge in [-0.25, -0.2) is 4.79 Å². The highest BCUT2D eigenvalue weighted by molar-refractivity contribution is 7.86. The summed E-state index contributed by atoms with van der Waals surface area (Å²) in [7, 11) is -0.482. The number of carboxylic acids is 1. The molecule has 1 aliphatic rings. The number of pyridine rings is 1. The molecule has 0 spiro atoms. The normalized spacial score (nSPS) is 18.3. The van der Waals surface area contributed by atoms with Crippen LogP contribution < -0.4 is 0 Å². The van der Waals surface area contributed by atoms with Crippen molar-refractivity contribution in [1.82, 2.24) is 13.6 Å². The van der Waals surface area contributed by atoms with Crippen molar-refractivity contribution in [2.45, 2.75) is 18.9 Å². The van der Waals surface area contributed by atoms with Gasteiger partial charge in [0.2, 0.25) is 0 Å². The Hall–Kier alpha value is -2.29. The highest BCUT2D eigenvalue weighted by atomic mass is 32.2. The van der Waals surface area contributed by atoms with Gasteiger partial charge in [0.1, 0.15) is 0 Å². The molecule has 0 bridgehead atoms. The van der Waals surface area contributed by atoms with Crippen LogP contribution in [-0.2, 0) is 10.2 Å². The Morgan fingerprint density at radius 2 is 2.00 bits per heavy atom. The number of rotatable bonds is 5. The summed E-state index contributed by atoms with van der Waals surface area (Å²) in [6.45, 7) is 0.467. The summed E-state index contributed by atoms with van der Waals surface area (Å²) >= 11 is 0. The van der Waals surface area contributed by atoms with Crippen LogP contribution in [0.25, 0.3) is 11.3 Å². The summed E-state index contributed by atoms with van der Waals surface area (Å²) in [4.78, 5) is 15.8. The fourth-order valence-electron chi connectivity index (χ4n) is 3.25. The zero-order chi connectivity index (χ0) is 18.9. The molecule has 7 nitrogen and oxygen atoms in total. The average molecular weight is 375 g/mol. The van der Waals surface area contributed by atoms with Crippen LogP contribution in [-0.4, -0.2) is 53.7 Å². The monoisotopic (exact) mass is 375 g/mol. The van der Waals surface area contributed by atoms with Gasteiger partial charge < -0.3 is 5.11 Å². The second-order valence-corrected chi connectivity index (χ2v) is 8.48. The highest BCUT2D eigenvalue weighted by Gasteiger charge is 2.36. The van der Waals surface area contributed by atoms with E-state index < -0.39 is 16.2 Å². The standard InChI is InChI=1S/C18H21N3O4S/c1-20(2)26(24,25)21-11-5-8-17(21)13-9-10-19-16(12-13)14-6-3-4-7-15(14)18(22)23/h3-4,6-7,9-10,12,17H,5,8,11H2,1-2H3,(H,22,23). The van der Waals surface area contributed by atoms with Crippen molar-refractivity contribution in [1.29, 1.82) is 0 Å². The van der Waals surface area contributed by atoms with E-state index in [-0.39, 0.29) is 11.6 Å². The first-order chi connectivity index (χ1) is 12.3. The maximum absolute atomic E-state index is 12.6. The van der Waals surface area contributed by atoms with Gasteiger partial charge in [-0.05, 0) is 36.6 Å². The van der Waals surface area contributed by atoms with Gasteiger partial charge in [-0.1, -0.05) is 18.2 Å². The first-order valence-electron chi connectivity index (χ1n) is 8.30. The van der Waals surface area contributed by atoms with Crippen LogP contribution in [0.5, 0.6) is 0 Å². The lowest BCUT2D eigenvalue weighted by atomic mass is 10.00. The van der Waals surface area contributed by atoms with Crippen LogP contribution in [0.4, 0.5) is 0 Å². The second-order valence-electron chi connectivity index (χ2n) is 6.38. The lowest BCUT2D eigenvalue weighted by Gasteiger charge is -2.27. The lowest BCUT2D eigenvalue weighted by Crippen LogP contribution is -2.39. The number of benzene rings is 1. The fourth-order valence-corrected chi connectivity index (χ4v) is 4.58. The van der Waals surface area contributed by atoms with Crippen LogP contribution >= 0.6 is 0 Å². The molecular formula is C18H21N3O4S. The molecular weight excluding hydrogens is 354 g/mol. The molecule has 1 aromatic carbocycles. The summed E-state index contributed by atoms with van der Waals surface area (Å²) in [5, 5.41) is 9.40. The summed E-state index contributed by atoms with van der Waals surface area (Å²) in [6, 6.07) is 9.97. The van der Waals surface area contributed by atoms with Crippen molar-refractivity contribution < 1.29 is 18.3 Å². The fraction of sp³-hybridized carbons (Fsp3) is 0.333. The number of aromatic nitrogens is 1. The van der Waals surface area contributed by atoms with Crippen LogP contribution in [0, 0.1) is 0 Å². The molecule has 1 atom stereocenters. The zero-order valence-corrected chi connectivity index (χ0v) is 15.5. The largest absolute Gasteiger partial charge is 0.478 e. The number of aromatic carboxylic acids is 1. The number of carboxylic acid groups (broad SMARTS) is 1. The van der Waals surface area contributed by atoms with E-state index in [2.05, 4.69) is 4.98 Å². The van der Waals surface area contributed by atoms with E-state index in [4.69, 9.17) is 0 Å². The Kier molecular flexibility index (Phi) is 5.08. The van der Waals surface area contributed by atoms with Crippen molar-refractivity contribution >= 4 is 16.2 Å². The molecule has 2 aromatic rings. The van der Waals surface area contributed by atoms with Crippen LogP contribution in [0.2, 0.25) is 0 Å². The third-order valence-corrected chi connectivity index (χ3v) is 6.52. The SMILES string of the molecule is CN(C)S(=O)(=O)N1CCCC1c1ccnc(-c2ccccc2C(=O)O)c1. The van der Waals surface area contributed by atoms with E-state index in [0.29, 0.717) is 17.8 Å². The molecule has 0 amide bonds. The topological polar surface area (TPSA) is 90.8 Å². The highest BCUT2D eigenvalue weighted by Crippen LogP contribution is 2.36. The molecule has 26 heavy (non-hydrogen) atoms. The molecule has 0 saturated carbocycles. The minimum atomic E-state index is -3.52. The van der Waals surface area contributed by atoms with Crippen LogP contribution in [0.3, 0.4) is 0 Å². The summed E-state index contributed by atoms with van der Waals surface area (Å²) in [5.74, 6) is -1.02. The maximum atomic E-state index is 12.6. The first-order valence-corrected chi connectivity index (χ1v) is 9.70.